The van der Waals surface area contributed by atoms with Gasteiger partial charge >= 0.3 is 5.97 Å². The molecule has 0 spiro atoms. The Balaban J connectivity index is 2.47. The minimum atomic E-state index is -0.965. The number of carboxylic acid groups (broad SMARTS) is 1. The Morgan fingerprint density at radius 2 is 1.84 bits per heavy atom. The minimum Gasteiger partial charge on any atom is -0.480 e. The van der Waals surface area contributed by atoms with Crippen LogP contribution in [0.25, 0.3) is 0 Å². The SMILES string of the molecule is CC(=O)NC(CN1CCC(C(C)(C)C)CC1)C(=O)O. The number of hydrogen-bond donors (Lipinski definition) is 2. The summed E-state index contributed by atoms with van der Waals surface area (Å²) < 4.78 is 0. The number of rotatable bonds is 4. The van der Waals surface area contributed by atoms with Gasteiger partial charge < -0.3 is 15.3 Å². The predicted molar refractivity (Wildman–Crippen MR) is 73.9 cm³/mol. The summed E-state index contributed by atoms with van der Waals surface area (Å²) in [4.78, 5) is 24.2. The lowest BCUT2D eigenvalue weighted by molar-refractivity contribution is -0.142. The van der Waals surface area contributed by atoms with Crippen LogP contribution in [0, 0.1) is 11.3 Å². The van der Waals surface area contributed by atoms with Crippen LogP contribution in [-0.2, 0) is 9.59 Å². The van der Waals surface area contributed by atoms with Crippen LogP contribution in [0.2, 0.25) is 0 Å². The van der Waals surface area contributed by atoms with Crippen LogP contribution in [-0.4, -0.2) is 47.6 Å². The van der Waals surface area contributed by atoms with Crippen molar-refractivity contribution in [2.75, 3.05) is 19.6 Å². The van der Waals surface area contributed by atoms with Crippen molar-refractivity contribution in [3.05, 3.63) is 0 Å². The van der Waals surface area contributed by atoms with E-state index in [1.807, 2.05) is 0 Å². The van der Waals surface area contributed by atoms with Crippen LogP contribution in [0.3, 0.4) is 0 Å². The summed E-state index contributed by atoms with van der Waals surface area (Å²) in [5.41, 5.74) is 0.315. The number of piperidine rings is 1. The Bertz CT molecular complexity index is 328. The second-order valence-electron chi connectivity index (χ2n) is 6.53. The molecule has 2 N–H and O–H groups in total. The second kappa shape index (κ2) is 6.37. The van der Waals surface area contributed by atoms with Crippen molar-refractivity contribution < 1.29 is 14.7 Å². The quantitative estimate of drug-likeness (QED) is 0.808. The first-order chi connectivity index (χ1) is 8.70. The van der Waals surface area contributed by atoms with Crippen molar-refractivity contribution in [2.24, 2.45) is 11.3 Å². The molecule has 1 aliphatic heterocycles. The molecule has 110 valence electrons. The van der Waals surface area contributed by atoms with E-state index in [0.717, 1.165) is 25.9 Å². The largest absolute Gasteiger partial charge is 0.480 e. The molecular formula is C14H26N2O3. The maximum absolute atomic E-state index is 11.1. The Morgan fingerprint density at radius 1 is 1.32 bits per heavy atom. The molecule has 1 rings (SSSR count). The first-order valence-corrected chi connectivity index (χ1v) is 6.92. The highest BCUT2D eigenvalue weighted by molar-refractivity contribution is 5.82. The average molecular weight is 270 g/mol. The molecule has 0 aliphatic carbocycles. The third-order valence-corrected chi connectivity index (χ3v) is 3.93. The number of carbonyl (C=O) groups is 2. The van der Waals surface area contributed by atoms with Crippen molar-refractivity contribution >= 4 is 11.9 Å². The van der Waals surface area contributed by atoms with E-state index in [0.29, 0.717) is 17.9 Å². The lowest BCUT2D eigenvalue weighted by Gasteiger charge is -2.39. The average Bonchev–Trinajstić information content (AvgIpc) is 2.27. The highest BCUT2D eigenvalue weighted by Crippen LogP contribution is 2.34. The number of carbonyl (C=O) groups excluding carboxylic acids is 1. The first-order valence-electron chi connectivity index (χ1n) is 6.92. The third-order valence-electron chi connectivity index (χ3n) is 3.93. The summed E-state index contributed by atoms with van der Waals surface area (Å²) in [5.74, 6) is -0.571. The van der Waals surface area contributed by atoms with E-state index >= 15 is 0 Å². The number of nitrogens with zero attached hydrogens (tertiary/aromatic N) is 1. The predicted octanol–water partition coefficient (Wildman–Crippen LogP) is 1.33. The Morgan fingerprint density at radius 3 is 2.21 bits per heavy atom. The highest BCUT2D eigenvalue weighted by Gasteiger charge is 2.30. The molecule has 0 aromatic heterocycles. The van der Waals surface area contributed by atoms with E-state index in [-0.39, 0.29) is 5.91 Å². The standard InChI is InChI=1S/C14H26N2O3/c1-10(17)15-12(13(18)19)9-16-7-5-11(6-8-16)14(2,3)4/h11-12H,5-9H2,1-4H3,(H,15,17)(H,18,19). The van der Waals surface area contributed by atoms with Crippen LogP contribution in [0.5, 0.6) is 0 Å². The fourth-order valence-corrected chi connectivity index (χ4v) is 2.67. The molecule has 1 unspecified atom stereocenters. The summed E-state index contributed by atoms with van der Waals surface area (Å²) in [6, 6.07) is -0.802. The molecule has 19 heavy (non-hydrogen) atoms. The fraction of sp³-hybridized carbons (Fsp3) is 0.857. The number of aliphatic carboxylic acids is 1. The normalized spacial score (nSPS) is 20.0. The van der Waals surface area contributed by atoms with Gasteiger partial charge in [-0.1, -0.05) is 20.8 Å². The number of nitrogens with one attached hydrogen (secondary N) is 1. The highest BCUT2D eigenvalue weighted by atomic mass is 16.4. The lowest BCUT2D eigenvalue weighted by atomic mass is 9.75. The zero-order chi connectivity index (χ0) is 14.6. The van der Waals surface area contributed by atoms with Crippen molar-refractivity contribution in [2.45, 2.75) is 46.6 Å². The molecular weight excluding hydrogens is 244 g/mol. The summed E-state index contributed by atoms with van der Waals surface area (Å²) in [7, 11) is 0. The van der Waals surface area contributed by atoms with Gasteiger partial charge in [0.1, 0.15) is 6.04 Å². The smallest absolute Gasteiger partial charge is 0.327 e. The maximum atomic E-state index is 11.1. The molecule has 1 heterocycles. The molecule has 1 amide bonds. The molecule has 5 nitrogen and oxygen atoms in total. The van der Waals surface area contributed by atoms with Gasteiger partial charge in [-0.15, -0.1) is 0 Å². The molecule has 0 aromatic carbocycles. The summed E-state index contributed by atoms with van der Waals surface area (Å²) in [6.07, 6.45) is 2.19. The van der Waals surface area contributed by atoms with E-state index in [2.05, 4.69) is 31.0 Å². The van der Waals surface area contributed by atoms with Crippen LogP contribution in [0.4, 0.5) is 0 Å². The molecule has 0 aromatic rings. The van der Waals surface area contributed by atoms with Gasteiger partial charge in [0.15, 0.2) is 0 Å². The van der Waals surface area contributed by atoms with Crippen molar-refractivity contribution in [1.82, 2.24) is 10.2 Å². The van der Waals surface area contributed by atoms with Gasteiger partial charge in [0, 0.05) is 13.5 Å². The van der Waals surface area contributed by atoms with Gasteiger partial charge in [-0.3, -0.25) is 4.79 Å². The van der Waals surface area contributed by atoms with E-state index < -0.39 is 12.0 Å². The summed E-state index contributed by atoms with van der Waals surface area (Å²) in [6.45, 7) is 10.3. The van der Waals surface area contributed by atoms with Gasteiger partial charge in [0.05, 0.1) is 0 Å². The molecule has 0 radical (unpaired) electrons. The van der Waals surface area contributed by atoms with Gasteiger partial charge in [-0.2, -0.15) is 0 Å². The summed E-state index contributed by atoms with van der Waals surface area (Å²) >= 11 is 0. The third kappa shape index (κ3) is 5.19. The molecule has 0 bridgehead atoms. The zero-order valence-electron chi connectivity index (χ0n) is 12.4. The van der Waals surface area contributed by atoms with E-state index in [1.165, 1.54) is 6.92 Å². The first kappa shape index (κ1) is 16.0. The van der Waals surface area contributed by atoms with Crippen LogP contribution in [0.15, 0.2) is 0 Å². The maximum Gasteiger partial charge on any atom is 0.327 e. The minimum absolute atomic E-state index is 0.294. The molecule has 0 saturated carbocycles. The van der Waals surface area contributed by atoms with Gasteiger partial charge in [0.25, 0.3) is 0 Å². The topological polar surface area (TPSA) is 69.6 Å². The molecule has 1 aliphatic rings. The van der Waals surface area contributed by atoms with Crippen molar-refractivity contribution in [3.8, 4) is 0 Å². The Kier molecular flexibility index (Phi) is 5.35. The fourth-order valence-electron chi connectivity index (χ4n) is 2.67. The van der Waals surface area contributed by atoms with Crippen molar-refractivity contribution in [1.29, 1.82) is 0 Å². The summed E-state index contributed by atoms with van der Waals surface area (Å²) in [5, 5.41) is 11.6. The molecule has 1 saturated heterocycles. The second-order valence-corrected chi connectivity index (χ2v) is 6.53. The van der Waals surface area contributed by atoms with Crippen LogP contribution >= 0.6 is 0 Å². The molecule has 1 atom stereocenters. The number of hydrogen-bond acceptors (Lipinski definition) is 3. The number of likely N-dealkylation sites (tertiary alicyclic amines) is 1. The number of amides is 1. The van der Waals surface area contributed by atoms with E-state index in [4.69, 9.17) is 5.11 Å². The van der Waals surface area contributed by atoms with Crippen LogP contribution in [0.1, 0.15) is 40.5 Å². The molecule has 1 fully saturated rings. The lowest BCUT2D eigenvalue weighted by Crippen LogP contribution is -2.50. The van der Waals surface area contributed by atoms with E-state index in [9.17, 15) is 9.59 Å². The van der Waals surface area contributed by atoms with Crippen LogP contribution < -0.4 is 5.32 Å². The van der Waals surface area contributed by atoms with Gasteiger partial charge in [-0.25, -0.2) is 4.79 Å². The van der Waals surface area contributed by atoms with Gasteiger partial charge in [0.2, 0.25) is 5.91 Å². The Labute approximate surface area is 115 Å². The zero-order valence-corrected chi connectivity index (χ0v) is 12.4. The van der Waals surface area contributed by atoms with Crippen molar-refractivity contribution in [3.63, 3.8) is 0 Å². The Hall–Kier alpha value is -1.10. The molecule has 5 heteroatoms. The van der Waals surface area contributed by atoms with E-state index in [1.54, 1.807) is 0 Å². The monoisotopic (exact) mass is 270 g/mol. The number of carboxylic acids is 1. The van der Waals surface area contributed by atoms with Gasteiger partial charge in [-0.05, 0) is 37.3 Å².